The minimum absolute atomic E-state index is 0.0232. The average Bonchev–Trinajstić information content (AvgIpc) is 3.41. The Morgan fingerprint density at radius 1 is 1.07 bits per heavy atom. The van der Waals surface area contributed by atoms with E-state index in [9.17, 15) is 28.2 Å². The molecule has 1 aliphatic carbocycles. The summed E-state index contributed by atoms with van der Waals surface area (Å²) in [7, 11) is 0. The largest absolute Gasteiger partial charge is 0.506 e. The molecule has 4 aromatic rings. The van der Waals surface area contributed by atoms with Gasteiger partial charge in [0, 0.05) is 24.1 Å². The maximum atomic E-state index is 13.0. The van der Waals surface area contributed by atoms with Gasteiger partial charge in [-0.25, -0.2) is 19.9 Å². The highest BCUT2D eigenvalue weighted by molar-refractivity contribution is 7.15. The number of alkyl halides is 3. The zero-order valence-corrected chi connectivity index (χ0v) is 22.1. The van der Waals surface area contributed by atoms with Crippen molar-refractivity contribution < 1.29 is 28.2 Å². The van der Waals surface area contributed by atoms with Crippen LogP contribution < -0.4 is 10.6 Å². The number of aliphatic hydroxyl groups is 1. The second-order valence-electron chi connectivity index (χ2n) is 9.69. The van der Waals surface area contributed by atoms with Crippen molar-refractivity contribution in [3.05, 3.63) is 76.9 Å². The Bertz CT molecular complexity index is 1520. The molecule has 0 saturated heterocycles. The van der Waals surface area contributed by atoms with E-state index in [1.165, 1.54) is 29.7 Å². The highest BCUT2D eigenvalue weighted by Crippen LogP contribution is 2.41. The highest BCUT2D eigenvalue weighted by Gasteiger charge is 2.38. The van der Waals surface area contributed by atoms with E-state index in [2.05, 4.69) is 30.6 Å². The molecule has 3 aromatic heterocycles. The van der Waals surface area contributed by atoms with E-state index < -0.39 is 17.5 Å². The number of hydrogen-bond donors (Lipinski definition) is 4. The predicted octanol–water partition coefficient (Wildman–Crippen LogP) is 5.33. The number of benzene rings is 1. The number of halogens is 3. The molecule has 13 heteroatoms. The van der Waals surface area contributed by atoms with Crippen LogP contribution in [0.15, 0.2) is 55.0 Å². The number of thiazole rings is 1. The fourth-order valence-electron chi connectivity index (χ4n) is 4.56. The van der Waals surface area contributed by atoms with Crippen LogP contribution in [0, 0.1) is 6.92 Å². The van der Waals surface area contributed by atoms with Crippen LogP contribution in [-0.4, -0.2) is 42.1 Å². The van der Waals surface area contributed by atoms with E-state index in [1.54, 1.807) is 18.3 Å². The first kappa shape index (κ1) is 27.5. The number of rotatable bonds is 6. The maximum absolute atomic E-state index is 13.0. The van der Waals surface area contributed by atoms with E-state index in [1.807, 2.05) is 13.0 Å². The third kappa shape index (κ3) is 6.20. The third-order valence-corrected chi connectivity index (χ3v) is 7.84. The second-order valence-corrected chi connectivity index (χ2v) is 10.7. The zero-order chi connectivity index (χ0) is 28.5. The summed E-state index contributed by atoms with van der Waals surface area (Å²) < 4.78 is 39.1. The van der Waals surface area contributed by atoms with Crippen LogP contribution in [0.25, 0.3) is 10.4 Å². The number of nitrogens with one attached hydrogen (secondary N) is 2. The van der Waals surface area contributed by atoms with Gasteiger partial charge < -0.3 is 20.8 Å². The molecule has 0 radical (unpaired) electrons. The van der Waals surface area contributed by atoms with E-state index in [-0.39, 0.29) is 29.3 Å². The van der Waals surface area contributed by atoms with Gasteiger partial charge in [0.2, 0.25) is 5.95 Å². The topological polar surface area (TPSA) is 133 Å². The molecule has 9 nitrogen and oxygen atoms in total. The minimum Gasteiger partial charge on any atom is -0.506 e. The molecular weight excluding hydrogens is 545 g/mol. The Morgan fingerprint density at radius 2 is 1.85 bits per heavy atom. The Hall–Kier alpha value is -4.10. The summed E-state index contributed by atoms with van der Waals surface area (Å²) in [5, 5.41) is 27.1. The Balaban J connectivity index is 1.26. The van der Waals surface area contributed by atoms with Crippen LogP contribution in [0.5, 0.6) is 5.75 Å². The van der Waals surface area contributed by atoms with Gasteiger partial charge in [-0.05, 0) is 74.1 Å². The first-order valence-corrected chi connectivity index (χ1v) is 13.2. The zero-order valence-electron chi connectivity index (χ0n) is 21.2. The second kappa shape index (κ2) is 10.8. The molecule has 0 unspecified atom stereocenters. The molecule has 3 heterocycles. The summed E-state index contributed by atoms with van der Waals surface area (Å²) >= 11 is 1.34. The lowest BCUT2D eigenvalue weighted by molar-refractivity contribution is -0.141. The number of pyridine rings is 1. The van der Waals surface area contributed by atoms with Gasteiger partial charge in [-0.3, -0.25) is 4.79 Å². The number of aromatic hydroxyl groups is 1. The van der Waals surface area contributed by atoms with Crippen molar-refractivity contribution in [3.8, 4) is 16.2 Å². The minimum atomic E-state index is -4.58. The predicted molar refractivity (Wildman–Crippen MR) is 142 cm³/mol. The van der Waals surface area contributed by atoms with Crippen molar-refractivity contribution in [2.24, 2.45) is 0 Å². The summed E-state index contributed by atoms with van der Waals surface area (Å²) in [6.07, 6.45) is 1.25. The van der Waals surface area contributed by atoms with E-state index in [4.69, 9.17) is 0 Å². The summed E-state index contributed by atoms with van der Waals surface area (Å²) in [6, 6.07) is 8.97. The molecule has 4 N–H and O–H groups in total. The van der Waals surface area contributed by atoms with Crippen molar-refractivity contribution in [2.45, 2.75) is 50.4 Å². The molecule has 1 amide bonds. The number of hydrogen-bond acceptors (Lipinski definition) is 9. The van der Waals surface area contributed by atoms with Crippen LogP contribution >= 0.6 is 11.3 Å². The highest BCUT2D eigenvalue weighted by atomic mass is 32.1. The van der Waals surface area contributed by atoms with Gasteiger partial charge in [-0.1, -0.05) is 6.07 Å². The van der Waals surface area contributed by atoms with Crippen molar-refractivity contribution in [1.82, 2.24) is 25.3 Å². The summed E-state index contributed by atoms with van der Waals surface area (Å²) in [4.78, 5) is 29.1. The number of amides is 1. The molecule has 0 bridgehead atoms. The van der Waals surface area contributed by atoms with Crippen LogP contribution in [-0.2, 0) is 11.8 Å². The van der Waals surface area contributed by atoms with Gasteiger partial charge in [0.1, 0.15) is 27.7 Å². The number of anilines is 2. The Morgan fingerprint density at radius 3 is 2.55 bits per heavy atom. The van der Waals surface area contributed by atoms with Crippen molar-refractivity contribution >= 4 is 28.9 Å². The van der Waals surface area contributed by atoms with Crippen molar-refractivity contribution in [3.63, 3.8) is 0 Å². The SMILES string of the molecule is Cc1cc(Nc2nccc(C(F)(F)F)n2)cc(-c2cnc(C3(O)CCC(NC(=O)c4ccc(O)cn4)CC3)s2)c1. The normalized spacial score (nSPS) is 19.3. The maximum Gasteiger partial charge on any atom is 0.433 e. The first-order valence-electron chi connectivity index (χ1n) is 12.4. The van der Waals surface area contributed by atoms with E-state index in [0.717, 1.165) is 28.3 Å². The smallest absolute Gasteiger partial charge is 0.433 e. The summed E-state index contributed by atoms with van der Waals surface area (Å²) in [5.41, 5.74) is 0.184. The molecule has 1 saturated carbocycles. The number of carbonyl (C=O) groups excluding carboxylic acids is 1. The standard InChI is InChI=1S/C27H25F3N6O3S/c1-15-10-16(12-18(11-15)35-25-31-9-6-22(36-25)27(28,29)30)21-14-33-24(40-21)26(39)7-4-17(5-8-26)34-23(38)20-3-2-19(37)13-32-20/h2-3,6,9-14,17,37,39H,4-5,7-8H2,1H3,(H,34,38)(H,31,35,36). The van der Waals surface area contributed by atoms with E-state index >= 15 is 0 Å². The van der Waals surface area contributed by atoms with Crippen LogP contribution in [0.2, 0.25) is 0 Å². The molecule has 1 aliphatic rings. The quantitative estimate of drug-likeness (QED) is 0.245. The molecule has 0 atom stereocenters. The molecule has 1 fully saturated rings. The van der Waals surface area contributed by atoms with E-state index in [0.29, 0.717) is 36.4 Å². The molecular formula is C27H25F3N6O3S. The van der Waals surface area contributed by atoms with Crippen molar-refractivity contribution in [1.29, 1.82) is 0 Å². The monoisotopic (exact) mass is 570 g/mol. The van der Waals surface area contributed by atoms with Crippen LogP contribution in [0.1, 0.15) is 52.4 Å². The van der Waals surface area contributed by atoms with Gasteiger partial charge >= 0.3 is 6.18 Å². The third-order valence-electron chi connectivity index (χ3n) is 6.60. The molecule has 1 aromatic carbocycles. The van der Waals surface area contributed by atoms with Gasteiger partial charge in [0.15, 0.2) is 0 Å². The molecule has 208 valence electrons. The number of aryl methyl sites for hydroxylation is 1. The lowest BCUT2D eigenvalue weighted by Gasteiger charge is -2.34. The Labute approximate surface area is 231 Å². The fraction of sp³-hybridized carbons (Fsp3) is 0.296. The molecule has 0 aliphatic heterocycles. The number of aromatic nitrogens is 4. The first-order chi connectivity index (χ1) is 19.0. The lowest BCUT2D eigenvalue weighted by atomic mass is 9.82. The summed E-state index contributed by atoms with van der Waals surface area (Å²) in [5.74, 6) is -0.535. The molecule has 0 spiro atoms. The number of carbonyl (C=O) groups is 1. The van der Waals surface area contributed by atoms with Crippen LogP contribution in [0.4, 0.5) is 24.8 Å². The molecule has 5 rings (SSSR count). The van der Waals surface area contributed by atoms with Gasteiger partial charge in [0.05, 0.1) is 11.1 Å². The average molecular weight is 571 g/mol. The number of nitrogens with zero attached hydrogens (tertiary/aromatic N) is 4. The van der Waals surface area contributed by atoms with Gasteiger partial charge in [0.25, 0.3) is 5.91 Å². The van der Waals surface area contributed by atoms with Gasteiger partial charge in [-0.2, -0.15) is 13.2 Å². The Kier molecular flexibility index (Phi) is 7.43. The van der Waals surface area contributed by atoms with Crippen LogP contribution in [0.3, 0.4) is 0 Å². The molecule has 40 heavy (non-hydrogen) atoms. The fourth-order valence-corrected chi connectivity index (χ4v) is 5.61. The van der Waals surface area contributed by atoms with Gasteiger partial charge in [-0.15, -0.1) is 11.3 Å². The lowest BCUT2D eigenvalue weighted by Crippen LogP contribution is -2.42. The summed E-state index contributed by atoms with van der Waals surface area (Å²) in [6.45, 7) is 1.86. The van der Waals surface area contributed by atoms with Crippen molar-refractivity contribution in [2.75, 3.05) is 5.32 Å².